The lowest BCUT2D eigenvalue weighted by atomic mass is 10.1. The van der Waals surface area contributed by atoms with Crippen LogP contribution in [0.2, 0.25) is 0 Å². The van der Waals surface area contributed by atoms with Gasteiger partial charge < -0.3 is 14.8 Å². The van der Waals surface area contributed by atoms with E-state index in [-0.39, 0.29) is 17.2 Å². The molecule has 0 spiro atoms. The number of benzene rings is 2. The molecule has 28 heavy (non-hydrogen) atoms. The van der Waals surface area contributed by atoms with E-state index in [1.54, 1.807) is 24.3 Å². The van der Waals surface area contributed by atoms with Crippen LogP contribution < -0.4 is 10.1 Å². The van der Waals surface area contributed by atoms with Gasteiger partial charge in [0.15, 0.2) is 18.5 Å². The lowest BCUT2D eigenvalue weighted by Crippen LogP contribution is -2.31. The lowest BCUT2D eigenvalue weighted by molar-refractivity contribution is -0.384. The van der Waals surface area contributed by atoms with Crippen LogP contribution in [0.5, 0.6) is 5.75 Å². The largest absolute Gasteiger partial charge is 0.482 e. The van der Waals surface area contributed by atoms with E-state index in [9.17, 15) is 24.5 Å². The van der Waals surface area contributed by atoms with Crippen LogP contribution in [-0.2, 0) is 14.3 Å². The molecule has 2 aromatic carbocycles. The van der Waals surface area contributed by atoms with Gasteiger partial charge in [-0.1, -0.05) is 0 Å². The van der Waals surface area contributed by atoms with Crippen molar-refractivity contribution in [2.75, 3.05) is 11.9 Å². The Hall–Kier alpha value is -3.75. The Kier molecular flexibility index (Phi) is 6.80. The summed E-state index contributed by atoms with van der Waals surface area (Å²) in [4.78, 5) is 45.1. The van der Waals surface area contributed by atoms with Crippen molar-refractivity contribution in [3.63, 3.8) is 0 Å². The van der Waals surface area contributed by atoms with Crippen LogP contribution in [0.3, 0.4) is 0 Å². The molecule has 1 N–H and O–H groups in total. The molecule has 0 fully saturated rings. The van der Waals surface area contributed by atoms with Gasteiger partial charge in [-0.15, -0.1) is 0 Å². The number of amides is 1. The second-order valence-corrected chi connectivity index (χ2v) is 5.79. The van der Waals surface area contributed by atoms with E-state index in [1.165, 1.54) is 38.1 Å². The summed E-state index contributed by atoms with van der Waals surface area (Å²) >= 11 is 0. The third kappa shape index (κ3) is 5.90. The molecular weight excluding hydrogens is 368 g/mol. The summed E-state index contributed by atoms with van der Waals surface area (Å²) in [5, 5.41) is 13.2. The molecule has 0 bridgehead atoms. The summed E-state index contributed by atoms with van der Waals surface area (Å²) in [7, 11) is 0. The smallest absolute Gasteiger partial charge is 0.344 e. The van der Waals surface area contributed by atoms with Crippen LogP contribution in [0.15, 0.2) is 48.5 Å². The quantitative estimate of drug-likeness (QED) is 0.320. The van der Waals surface area contributed by atoms with Crippen molar-refractivity contribution in [1.82, 2.24) is 0 Å². The number of carbonyl (C=O) groups is 3. The van der Waals surface area contributed by atoms with E-state index in [0.717, 1.165) is 0 Å². The molecule has 0 aliphatic rings. The van der Waals surface area contributed by atoms with Crippen molar-refractivity contribution in [2.24, 2.45) is 0 Å². The number of carbonyl (C=O) groups excluding carboxylic acids is 3. The topological polar surface area (TPSA) is 125 Å². The van der Waals surface area contributed by atoms with Gasteiger partial charge in [-0.05, 0) is 50.2 Å². The number of ether oxygens (including phenoxy) is 2. The fourth-order valence-corrected chi connectivity index (χ4v) is 2.12. The maximum absolute atomic E-state index is 12.1. The van der Waals surface area contributed by atoms with Gasteiger partial charge in [0.25, 0.3) is 11.6 Å². The second-order valence-electron chi connectivity index (χ2n) is 5.79. The average Bonchev–Trinajstić information content (AvgIpc) is 2.67. The number of ketones is 1. The van der Waals surface area contributed by atoms with Gasteiger partial charge in [0.05, 0.1) is 4.92 Å². The van der Waals surface area contributed by atoms with Crippen LogP contribution in [0, 0.1) is 10.1 Å². The van der Waals surface area contributed by atoms with Crippen LogP contribution in [0.25, 0.3) is 0 Å². The normalized spacial score (nSPS) is 11.2. The van der Waals surface area contributed by atoms with E-state index in [0.29, 0.717) is 11.3 Å². The minimum Gasteiger partial charge on any atom is -0.482 e. The molecule has 2 aromatic rings. The zero-order chi connectivity index (χ0) is 20.7. The van der Waals surface area contributed by atoms with Gasteiger partial charge in [0.2, 0.25) is 0 Å². The zero-order valence-corrected chi connectivity index (χ0v) is 15.2. The predicted molar refractivity (Wildman–Crippen MR) is 99.2 cm³/mol. The number of hydrogen-bond acceptors (Lipinski definition) is 7. The Morgan fingerprint density at radius 3 is 2.21 bits per heavy atom. The molecule has 0 aliphatic heterocycles. The molecule has 1 amide bonds. The summed E-state index contributed by atoms with van der Waals surface area (Å²) in [5.41, 5.74) is 0.873. The first-order valence-electron chi connectivity index (χ1n) is 8.25. The highest BCUT2D eigenvalue weighted by atomic mass is 16.6. The molecule has 0 aliphatic carbocycles. The molecule has 0 aromatic heterocycles. The maximum Gasteiger partial charge on any atom is 0.344 e. The number of anilines is 1. The van der Waals surface area contributed by atoms with Gasteiger partial charge in [-0.25, -0.2) is 4.79 Å². The monoisotopic (exact) mass is 386 g/mol. The molecular formula is C19H18N2O7. The Morgan fingerprint density at radius 2 is 1.68 bits per heavy atom. The number of esters is 1. The molecule has 0 radical (unpaired) electrons. The van der Waals surface area contributed by atoms with Gasteiger partial charge in [-0.3, -0.25) is 19.7 Å². The Bertz CT molecular complexity index is 876. The number of Topliss-reactive ketones (excluding diaryl/α,β-unsaturated/α-hetero) is 1. The highest BCUT2D eigenvalue weighted by molar-refractivity contribution is 5.97. The van der Waals surface area contributed by atoms with Crippen molar-refractivity contribution in [2.45, 2.75) is 20.0 Å². The van der Waals surface area contributed by atoms with E-state index in [4.69, 9.17) is 9.47 Å². The Morgan fingerprint density at radius 1 is 1.07 bits per heavy atom. The van der Waals surface area contributed by atoms with Gasteiger partial charge in [0, 0.05) is 23.4 Å². The molecule has 1 atom stereocenters. The molecule has 146 valence electrons. The van der Waals surface area contributed by atoms with E-state index in [1.807, 2.05) is 0 Å². The summed E-state index contributed by atoms with van der Waals surface area (Å²) in [6.45, 7) is 2.39. The third-order valence-electron chi connectivity index (χ3n) is 3.64. The molecule has 0 saturated heterocycles. The number of nitro benzene ring substituents is 1. The lowest BCUT2D eigenvalue weighted by Gasteiger charge is -2.14. The van der Waals surface area contributed by atoms with E-state index in [2.05, 4.69) is 5.32 Å². The van der Waals surface area contributed by atoms with Crippen LogP contribution in [0.1, 0.15) is 24.2 Å². The maximum atomic E-state index is 12.1. The van der Waals surface area contributed by atoms with Crippen molar-refractivity contribution >= 4 is 29.0 Å². The van der Waals surface area contributed by atoms with Crippen molar-refractivity contribution in [3.05, 3.63) is 64.2 Å². The van der Waals surface area contributed by atoms with Crippen molar-refractivity contribution in [3.8, 4) is 5.75 Å². The Balaban J connectivity index is 1.81. The first-order chi connectivity index (χ1) is 13.3. The van der Waals surface area contributed by atoms with E-state index < -0.39 is 29.5 Å². The molecule has 0 unspecified atom stereocenters. The number of non-ortho nitro benzene ring substituents is 1. The van der Waals surface area contributed by atoms with Crippen LogP contribution >= 0.6 is 0 Å². The summed E-state index contributed by atoms with van der Waals surface area (Å²) < 4.78 is 10.2. The first-order valence-corrected chi connectivity index (χ1v) is 8.25. The fourth-order valence-electron chi connectivity index (χ4n) is 2.12. The van der Waals surface area contributed by atoms with Gasteiger partial charge in [-0.2, -0.15) is 0 Å². The fraction of sp³-hybridized carbons (Fsp3) is 0.211. The minimum absolute atomic E-state index is 0.0896. The minimum atomic E-state index is -1.07. The second kappa shape index (κ2) is 9.26. The molecule has 0 saturated carbocycles. The highest BCUT2D eigenvalue weighted by Gasteiger charge is 2.18. The van der Waals surface area contributed by atoms with Crippen LogP contribution in [-0.4, -0.2) is 35.3 Å². The number of rotatable bonds is 8. The van der Waals surface area contributed by atoms with Crippen LogP contribution in [0.4, 0.5) is 11.4 Å². The number of nitro groups is 1. The summed E-state index contributed by atoms with van der Waals surface area (Å²) in [5.74, 6) is -1.15. The molecule has 9 heteroatoms. The van der Waals surface area contributed by atoms with Gasteiger partial charge >= 0.3 is 5.97 Å². The van der Waals surface area contributed by atoms with Crippen molar-refractivity contribution in [1.29, 1.82) is 0 Å². The molecule has 9 nitrogen and oxygen atoms in total. The summed E-state index contributed by atoms with van der Waals surface area (Å²) in [6.07, 6.45) is -1.07. The number of nitrogens with zero attached hydrogens (tertiary/aromatic N) is 1. The van der Waals surface area contributed by atoms with Gasteiger partial charge in [0.1, 0.15) is 5.75 Å². The predicted octanol–water partition coefficient (Wildman–Crippen LogP) is 2.75. The zero-order valence-electron chi connectivity index (χ0n) is 15.2. The molecule has 0 heterocycles. The number of nitrogens with one attached hydrogen (secondary N) is 1. The standard InChI is InChI=1S/C19H18N2O7/c1-12(22)14-3-5-15(6-4-14)20-19(24)13(2)28-18(23)11-27-17-9-7-16(8-10-17)21(25)26/h3-10,13H,11H2,1-2H3,(H,20,24)/t13-/m1/s1. The summed E-state index contributed by atoms with van der Waals surface area (Å²) in [6, 6.07) is 11.5. The highest BCUT2D eigenvalue weighted by Crippen LogP contribution is 2.17. The van der Waals surface area contributed by atoms with E-state index >= 15 is 0 Å². The average molecular weight is 386 g/mol. The SMILES string of the molecule is CC(=O)c1ccc(NC(=O)[C@@H](C)OC(=O)COc2ccc([N+](=O)[O-])cc2)cc1. The van der Waals surface area contributed by atoms with Crippen molar-refractivity contribution < 1.29 is 28.8 Å². The Labute approximate surface area is 160 Å². The third-order valence-corrected chi connectivity index (χ3v) is 3.64. The number of hydrogen-bond donors (Lipinski definition) is 1. The first kappa shape index (κ1) is 20.6. The molecule has 2 rings (SSSR count).